The van der Waals surface area contributed by atoms with E-state index in [0.29, 0.717) is 18.7 Å². The van der Waals surface area contributed by atoms with Gasteiger partial charge in [0.05, 0.1) is 11.6 Å². The summed E-state index contributed by atoms with van der Waals surface area (Å²) in [6.07, 6.45) is -1.12. The zero-order valence-electron chi connectivity index (χ0n) is 13.7. The van der Waals surface area contributed by atoms with Crippen LogP contribution in [0.1, 0.15) is 43.4 Å². The smallest absolute Gasteiger partial charge is 0.381 e. The summed E-state index contributed by atoms with van der Waals surface area (Å²) >= 11 is 0. The van der Waals surface area contributed by atoms with Gasteiger partial charge in [0.1, 0.15) is 0 Å². The van der Waals surface area contributed by atoms with Crippen LogP contribution < -0.4 is 10.6 Å². The van der Waals surface area contributed by atoms with Crippen molar-refractivity contribution < 1.29 is 22.7 Å². The minimum atomic E-state index is -4.35. The van der Waals surface area contributed by atoms with E-state index in [2.05, 4.69) is 10.6 Å². The molecule has 7 heteroatoms. The molecule has 0 heterocycles. The second kappa shape index (κ2) is 8.37. The van der Waals surface area contributed by atoms with E-state index in [1.165, 1.54) is 25.0 Å². The first-order valence-electron chi connectivity index (χ1n) is 8.15. The maximum Gasteiger partial charge on any atom is 0.416 e. The zero-order valence-corrected chi connectivity index (χ0v) is 13.7. The fourth-order valence-corrected chi connectivity index (χ4v) is 2.20. The highest BCUT2D eigenvalue weighted by atomic mass is 19.4. The van der Waals surface area contributed by atoms with E-state index in [9.17, 15) is 18.0 Å². The van der Waals surface area contributed by atoms with Crippen LogP contribution in [0.15, 0.2) is 24.3 Å². The first-order valence-corrected chi connectivity index (χ1v) is 8.15. The number of hydrogen-bond acceptors (Lipinski definition) is 2. The molecule has 0 saturated heterocycles. The quantitative estimate of drug-likeness (QED) is 0.703. The molecule has 4 nitrogen and oxygen atoms in total. The number of benzene rings is 1. The lowest BCUT2D eigenvalue weighted by Crippen LogP contribution is -2.37. The van der Waals surface area contributed by atoms with Gasteiger partial charge in [0.15, 0.2) is 0 Å². The molecule has 1 aliphatic rings. The molecule has 0 radical (unpaired) electrons. The molecule has 0 bridgehead atoms. The number of carbonyl (C=O) groups is 1. The first kappa shape index (κ1) is 18.6. The number of halogens is 3. The van der Waals surface area contributed by atoms with Crippen LogP contribution in [0.5, 0.6) is 0 Å². The Bertz CT molecular complexity index is 528. The van der Waals surface area contributed by atoms with Crippen molar-refractivity contribution in [3.8, 4) is 0 Å². The molecule has 0 aliphatic heterocycles. The van der Waals surface area contributed by atoms with Crippen LogP contribution in [0.3, 0.4) is 0 Å². The highest BCUT2D eigenvalue weighted by Crippen LogP contribution is 2.30. The van der Waals surface area contributed by atoms with Crippen molar-refractivity contribution in [2.45, 2.75) is 38.4 Å². The molecule has 1 aliphatic carbocycles. The Morgan fingerprint density at radius 3 is 2.54 bits per heavy atom. The number of amides is 2. The third-order valence-corrected chi connectivity index (χ3v) is 3.89. The summed E-state index contributed by atoms with van der Waals surface area (Å²) in [5, 5.41) is 5.41. The van der Waals surface area contributed by atoms with Gasteiger partial charge < -0.3 is 15.4 Å². The number of urea groups is 1. The average molecular weight is 344 g/mol. The van der Waals surface area contributed by atoms with Gasteiger partial charge in [0.2, 0.25) is 0 Å². The third-order valence-electron chi connectivity index (χ3n) is 3.89. The van der Waals surface area contributed by atoms with Crippen LogP contribution in [0.4, 0.5) is 18.0 Å². The van der Waals surface area contributed by atoms with E-state index >= 15 is 0 Å². The molecule has 2 N–H and O–H groups in total. The van der Waals surface area contributed by atoms with Gasteiger partial charge in [-0.1, -0.05) is 12.1 Å². The Morgan fingerprint density at radius 1 is 1.29 bits per heavy atom. The van der Waals surface area contributed by atoms with Crippen molar-refractivity contribution in [3.05, 3.63) is 35.4 Å². The molecule has 1 saturated carbocycles. The van der Waals surface area contributed by atoms with Crippen LogP contribution in [-0.2, 0) is 10.9 Å². The molecule has 2 amide bonds. The topological polar surface area (TPSA) is 50.4 Å². The molecule has 24 heavy (non-hydrogen) atoms. The minimum absolute atomic E-state index is 0.343. The maximum absolute atomic E-state index is 12.5. The molecule has 1 aromatic carbocycles. The Morgan fingerprint density at radius 2 is 1.96 bits per heavy atom. The molecule has 2 rings (SSSR count). The summed E-state index contributed by atoms with van der Waals surface area (Å²) in [5.41, 5.74) is -0.0833. The summed E-state index contributed by atoms with van der Waals surface area (Å²) in [6.45, 7) is 3.64. The van der Waals surface area contributed by atoms with Crippen LogP contribution in [0.2, 0.25) is 0 Å². The Hall–Kier alpha value is -1.76. The monoisotopic (exact) mass is 344 g/mol. The second-order valence-electron chi connectivity index (χ2n) is 6.11. The van der Waals surface area contributed by atoms with Gasteiger partial charge in [-0.05, 0) is 49.8 Å². The Balaban J connectivity index is 1.64. The molecule has 1 atom stereocenters. The van der Waals surface area contributed by atoms with Gasteiger partial charge in [-0.3, -0.25) is 0 Å². The fourth-order valence-electron chi connectivity index (χ4n) is 2.20. The summed E-state index contributed by atoms with van der Waals surface area (Å²) in [6, 6.07) is 4.06. The third kappa shape index (κ3) is 6.39. The van der Waals surface area contributed by atoms with Crippen molar-refractivity contribution in [2.24, 2.45) is 5.92 Å². The summed E-state index contributed by atoms with van der Waals surface area (Å²) in [5.74, 6) is 0.728. The van der Waals surface area contributed by atoms with Crippen molar-refractivity contribution in [3.63, 3.8) is 0 Å². The second-order valence-corrected chi connectivity index (χ2v) is 6.11. The largest absolute Gasteiger partial charge is 0.416 e. The SMILES string of the molecule is CC(NC(=O)NCCCOCC1CC1)c1ccc(C(F)(F)F)cc1. The van der Waals surface area contributed by atoms with E-state index in [1.807, 2.05) is 0 Å². The van der Waals surface area contributed by atoms with Crippen LogP contribution in [-0.4, -0.2) is 25.8 Å². The molecular weight excluding hydrogens is 321 g/mol. The van der Waals surface area contributed by atoms with Gasteiger partial charge in [-0.25, -0.2) is 4.79 Å². The predicted octanol–water partition coefficient (Wildman–Crippen LogP) is 3.88. The molecule has 134 valence electrons. The highest BCUT2D eigenvalue weighted by molar-refractivity contribution is 5.74. The lowest BCUT2D eigenvalue weighted by atomic mass is 10.1. The number of hydrogen-bond donors (Lipinski definition) is 2. The van der Waals surface area contributed by atoms with Crippen LogP contribution in [0.25, 0.3) is 0 Å². The van der Waals surface area contributed by atoms with Crippen LogP contribution >= 0.6 is 0 Å². The number of rotatable bonds is 8. The summed E-state index contributed by atoms with van der Waals surface area (Å²) in [7, 11) is 0. The van der Waals surface area contributed by atoms with Crippen molar-refractivity contribution in [1.82, 2.24) is 10.6 Å². The first-order chi connectivity index (χ1) is 11.4. The molecular formula is C17H23F3N2O2. The molecule has 1 unspecified atom stereocenters. The Labute approximate surface area is 139 Å². The lowest BCUT2D eigenvalue weighted by molar-refractivity contribution is -0.137. The number of ether oxygens (including phenoxy) is 1. The normalized spacial score (nSPS) is 15.8. The van der Waals surface area contributed by atoms with Gasteiger partial charge in [0.25, 0.3) is 0 Å². The average Bonchev–Trinajstić information content (AvgIpc) is 3.34. The van der Waals surface area contributed by atoms with Gasteiger partial charge in [-0.15, -0.1) is 0 Å². The van der Waals surface area contributed by atoms with Crippen molar-refractivity contribution in [1.29, 1.82) is 0 Å². The molecule has 1 fully saturated rings. The fraction of sp³-hybridized carbons (Fsp3) is 0.588. The summed E-state index contributed by atoms with van der Waals surface area (Å²) < 4.78 is 43.0. The van der Waals surface area contributed by atoms with E-state index in [4.69, 9.17) is 4.74 Å². The van der Waals surface area contributed by atoms with Crippen LogP contribution in [0, 0.1) is 5.92 Å². The van der Waals surface area contributed by atoms with Crippen molar-refractivity contribution in [2.75, 3.05) is 19.8 Å². The van der Waals surface area contributed by atoms with Gasteiger partial charge >= 0.3 is 12.2 Å². The van der Waals surface area contributed by atoms with Gasteiger partial charge in [0, 0.05) is 19.8 Å². The highest BCUT2D eigenvalue weighted by Gasteiger charge is 2.30. The molecule has 0 aromatic heterocycles. The standard InChI is InChI=1S/C17H23F3N2O2/c1-12(14-5-7-15(8-6-14)17(18,19)20)22-16(23)21-9-2-10-24-11-13-3-4-13/h5-8,12-13H,2-4,9-11H2,1H3,(H2,21,22,23). The zero-order chi connectivity index (χ0) is 17.6. The van der Waals surface area contributed by atoms with E-state index in [1.54, 1.807) is 6.92 Å². The van der Waals surface area contributed by atoms with E-state index < -0.39 is 11.7 Å². The maximum atomic E-state index is 12.5. The molecule has 0 spiro atoms. The number of alkyl halides is 3. The Kier molecular flexibility index (Phi) is 6.48. The predicted molar refractivity (Wildman–Crippen MR) is 84.6 cm³/mol. The van der Waals surface area contributed by atoms with E-state index in [-0.39, 0.29) is 12.1 Å². The molecule has 1 aromatic rings. The lowest BCUT2D eigenvalue weighted by Gasteiger charge is -2.16. The number of carbonyl (C=O) groups excluding carboxylic acids is 1. The number of nitrogens with one attached hydrogen (secondary N) is 2. The summed E-state index contributed by atoms with van der Waals surface area (Å²) in [4.78, 5) is 11.8. The van der Waals surface area contributed by atoms with E-state index in [0.717, 1.165) is 31.1 Å². The minimum Gasteiger partial charge on any atom is -0.381 e. The van der Waals surface area contributed by atoms with Gasteiger partial charge in [-0.2, -0.15) is 13.2 Å². The van der Waals surface area contributed by atoms with Crippen molar-refractivity contribution >= 4 is 6.03 Å².